The Kier molecular flexibility index (Phi) is 4.36. The molecular weight excluding hydrogens is 222 g/mol. The highest BCUT2D eigenvalue weighted by Gasteiger charge is 2.12. The molecule has 0 fully saturated rings. The molecule has 0 unspecified atom stereocenters. The van der Waals surface area contributed by atoms with Crippen molar-refractivity contribution >= 4 is 22.5 Å². The van der Waals surface area contributed by atoms with Crippen molar-refractivity contribution in [3.8, 4) is 5.75 Å². The molecule has 16 heavy (non-hydrogen) atoms. The van der Waals surface area contributed by atoms with Crippen LogP contribution in [0.15, 0.2) is 29.3 Å². The van der Waals surface area contributed by atoms with E-state index in [2.05, 4.69) is 25.8 Å². The minimum atomic E-state index is 0.160. The SMILES string of the molecule is COc1ccc(N=C(Cl)CC(C)(C)C)cc1. The Morgan fingerprint density at radius 3 is 2.25 bits per heavy atom. The minimum Gasteiger partial charge on any atom is -0.497 e. The molecule has 3 heteroatoms. The van der Waals surface area contributed by atoms with Gasteiger partial charge in [-0.2, -0.15) is 0 Å². The lowest BCUT2D eigenvalue weighted by molar-refractivity contribution is 0.415. The molecule has 0 aliphatic heterocycles. The van der Waals surface area contributed by atoms with Crippen LogP contribution in [0, 0.1) is 5.41 Å². The van der Waals surface area contributed by atoms with Crippen LogP contribution in [0.3, 0.4) is 0 Å². The van der Waals surface area contributed by atoms with Crippen molar-refractivity contribution in [2.45, 2.75) is 27.2 Å². The molecule has 0 aliphatic carbocycles. The second-order valence-corrected chi connectivity index (χ2v) is 5.36. The first-order valence-electron chi connectivity index (χ1n) is 5.28. The van der Waals surface area contributed by atoms with E-state index >= 15 is 0 Å². The fraction of sp³-hybridized carbons (Fsp3) is 0.462. The van der Waals surface area contributed by atoms with Gasteiger partial charge in [0.2, 0.25) is 0 Å². The van der Waals surface area contributed by atoms with Gasteiger partial charge in [-0.3, -0.25) is 0 Å². The maximum Gasteiger partial charge on any atom is 0.119 e. The van der Waals surface area contributed by atoms with Crippen LogP contribution in [0.1, 0.15) is 27.2 Å². The molecular formula is C13H18ClNO. The highest BCUT2D eigenvalue weighted by molar-refractivity contribution is 6.65. The van der Waals surface area contributed by atoms with Gasteiger partial charge >= 0.3 is 0 Å². The number of halogens is 1. The summed E-state index contributed by atoms with van der Waals surface area (Å²) in [5.74, 6) is 0.825. The Morgan fingerprint density at radius 1 is 1.25 bits per heavy atom. The monoisotopic (exact) mass is 239 g/mol. The zero-order chi connectivity index (χ0) is 12.2. The van der Waals surface area contributed by atoms with Crippen molar-refractivity contribution in [3.63, 3.8) is 0 Å². The summed E-state index contributed by atoms with van der Waals surface area (Å²) in [5.41, 5.74) is 1.02. The van der Waals surface area contributed by atoms with Crippen molar-refractivity contribution in [3.05, 3.63) is 24.3 Å². The minimum absolute atomic E-state index is 0.160. The first-order chi connectivity index (χ1) is 7.40. The molecule has 1 rings (SSSR count). The summed E-state index contributed by atoms with van der Waals surface area (Å²) in [5, 5.41) is 0.637. The van der Waals surface area contributed by atoms with Gasteiger partial charge in [0.15, 0.2) is 0 Å². The normalized spacial score (nSPS) is 12.7. The molecule has 0 spiro atoms. The van der Waals surface area contributed by atoms with E-state index < -0.39 is 0 Å². The lowest BCUT2D eigenvalue weighted by atomic mass is 9.93. The van der Waals surface area contributed by atoms with E-state index in [1.807, 2.05) is 24.3 Å². The van der Waals surface area contributed by atoms with E-state index in [0.717, 1.165) is 17.9 Å². The largest absolute Gasteiger partial charge is 0.497 e. The third-order valence-corrected chi connectivity index (χ3v) is 2.22. The summed E-state index contributed by atoms with van der Waals surface area (Å²) in [6, 6.07) is 7.54. The van der Waals surface area contributed by atoms with E-state index in [1.54, 1.807) is 7.11 Å². The summed E-state index contributed by atoms with van der Waals surface area (Å²) in [6.07, 6.45) is 0.778. The Hall–Kier alpha value is -1.02. The number of methoxy groups -OCH3 is 1. The van der Waals surface area contributed by atoms with Gasteiger partial charge in [0.1, 0.15) is 10.9 Å². The van der Waals surface area contributed by atoms with Crippen LogP contribution in [0.5, 0.6) is 5.75 Å². The molecule has 0 N–H and O–H groups in total. The highest BCUT2D eigenvalue weighted by Crippen LogP contribution is 2.24. The zero-order valence-corrected chi connectivity index (χ0v) is 11.0. The lowest BCUT2D eigenvalue weighted by Crippen LogP contribution is -2.08. The standard InChI is InChI=1S/C13H18ClNO/c1-13(2,3)9-12(14)15-10-5-7-11(16-4)8-6-10/h5-8H,9H2,1-4H3. The van der Waals surface area contributed by atoms with Crippen LogP contribution in [0.2, 0.25) is 0 Å². The molecule has 2 nitrogen and oxygen atoms in total. The van der Waals surface area contributed by atoms with Crippen molar-refractivity contribution < 1.29 is 4.74 Å². The van der Waals surface area contributed by atoms with Gasteiger partial charge in [0.05, 0.1) is 12.8 Å². The summed E-state index contributed by atoms with van der Waals surface area (Å²) >= 11 is 6.09. The fourth-order valence-electron chi connectivity index (χ4n) is 1.27. The first kappa shape index (κ1) is 13.0. The van der Waals surface area contributed by atoms with Crippen LogP contribution in [-0.4, -0.2) is 12.3 Å². The number of benzene rings is 1. The van der Waals surface area contributed by atoms with Crippen LogP contribution in [0.25, 0.3) is 0 Å². The van der Waals surface area contributed by atoms with Gasteiger partial charge in [-0.1, -0.05) is 32.4 Å². The average molecular weight is 240 g/mol. The quantitative estimate of drug-likeness (QED) is 0.717. The van der Waals surface area contributed by atoms with Crippen LogP contribution >= 0.6 is 11.6 Å². The number of rotatable bonds is 3. The van der Waals surface area contributed by atoms with Crippen molar-refractivity contribution in [2.75, 3.05) is 7.11 Å². The Balaban J connectivity index is 2.74. The average Bonchev–Trinajstić information content (AvgIpc) is 2.16. The molecule has 0 radical (unpaired) electrons. The third-order valence-electron chi connectivity index (χ3n) is 2.00. The van der Waals surface area contributed by atoms with Crippen LogP contribution < -0.4 is 4.74 Å². The number of aliphatic imine (C=N–C) groups is 1. The summed E-state index contributed by atoms with van der Waals surface area (Å²) in [6.45, 7) is 6.41. The van der Waals surface area contributed by atoms with Gasteiger partial charge in [0.25, 0.3) is 0 Å². The maximum atomic E-state index is 6.09. The van der Waals surface area contributed by atoms with E-state index in [1.165, 1.54) is 0 Å². The van der Waals surface area contributed by atoms with E-state index in [0.29, 0.717) is 5.17 Å². The Labute approximate surface area is 102 Å². The Bertz CT molecular complexity index is 363. The van der Waals surface area contributed by atoms with Crippen molar-refractivity contribution in [1.29, 1.82) is 0 Å². The number of nitrogens with zero attached hydrogens (tertiary/aromatic N) is 1. The number of hydrogen-bond donors (Lipinski definition) is 0. The van der Waals surface area contributed by atoms with Gasteiger partial charge in [-0.25, -0.2) is 4.99 Å². The molecule has 0 heterocycles. The third kappa shape index (κ3) is 4.67. The molecule has 0 amide bonds. The zero-order valence-electron chi connectivity index (χ0n) is 10.2. The lowest BCUT2D eigenvalue weighted by Gasteiger charge is -2.16. The van der Waals surface area contributed by atoms with Crippen LogP contribution in [0.4, 0.5) is 5.69 Å². The molecule has 0 aliphatic rings. The molecule has 0 saturated carbocycles. The fourth-order valence-corrected chi connectivity index (χ4v) is 1.77. The predicted octanol–water partition coefficient (Wildman–Crippen LogP) is 4.40. The first-order valence-corrected chi connectivity index (χ1v) is 5.66. The highest BCUT2D eigenvalue weighted by atomic mass is 35.5. The maximum absolute atomic E-state index is 6.09. The van der Waals surface area contributed by atoms with Gasteiger partial charge in [-0.05, 0) is 29.7 Å². The second kappa shape index (κ2) is 5.35. The Morgan fingerprint density at radius 2 is 1.81 bits per heavy atom. The number of hydrogen-bond acceptors (Lipinski definition) is 2. The number of ether oxygens (including phenoxy) is 1. The second-order valence-electron chi connectivity index (χ2n) is 4.92. The van der Waals surface area contributed by atoms with E-state index in [4.69, 9.17) is 16.3 Å². The van der Waals surface area contributed by atoms with Crippen molar-refractivity contribution in [1.82, 2.24) is 0 Å². The topological polar surface area (TPSA) is 21.6 Å². The van der Waals surface area contributed by atoms with Gasteiger partial charge < -0.3 is 4.74 Å². The summed E-state index contributed by atoms with van der Waals surface area (Å²) < 4.78 is 5.07. The van der Waals surface area contributed by atoms with E-state index in [9.17, 15) is 0 Å². The van der Waals surface area contributed by atoms with Crippen LogP contribution in [-0.2, 0) is 0 Å². The van der Waals surface area contributed by atoms with E-state index in [-0.39, 0.29) is 5.41 Å². The molecule has 88 valence electrons. The molecule has 0 saturated heterocycles. The van der Waals surface area contributed by atoms with Gasteiger partial charge in [-0.15, -0.1) is 0 Å². The van der Waals surface area contributed by atoms with Gasteiger partial charge in [0, 0.05) is 6.42 Å². The smallest absolute Gasteiger partial charge is 0.119 e. The predicted molar refractivity (Wildman–Crippen MR) is 70.0 cm³/mol. The molecule has 1 aromatic rings. The molecule has 0 aromatic heterocycles. The summed E-state index contributed by atoms with van der Waals surface area (Å²) in [4.78, 5) is 4.35. The molecule has 0 bridgehead atoms. The summed E-state index contributed by atoms with van der Waals surface area (Å²) in [7, 11) is 1.64. The molecule has 1 aromatic carbocycles. The van der Waals surface area contributed by atoms with Crippen molar-refractivity contribution in [2.24, 2.45) is 10.4 Å². The molecule has 0 atom stereocenters.